The highest BCUT2D eigenvalue weighted by molar-refractivity contribution is 5.61. The fourth-order valence-electron chi connectivity index (χ4n) is 1.42. The lowest BCUT2D eigenvalue weighted by Gasteiger charge is -2.08. The van der Waals surface area contributed by atoms with Crippen LogP contribution in [0.15, 0.2) is 22.7 Å². The Labute approximate surface area is 98.8 Å². The zero-order chi connectivity index (χ0) is 12.3. The van der Waals surface area contributed by atoms with Crippen molar-refractivity contribution in [1.82, 2.24) is 10.1 Å². The Hall–Kier alpha value is -2.24. The largest absolute Gasteiger partial charge is 0.495 e. The lowest BCUT2D eigenvalue weighted by molar-refractivity contribution is 0.388. The quantitative estimate of drug-likeness (QED) is 0.781. The average molecular weight is 234 g/mol. The van der Waals surface area contributed by atoms with E-state index >= 15 is 0 Å². The molecule has 90 valence electrons. The second-order valence-corrected chi connectivity index (χ2v) is 3.54. The van der Waals surface area contributed by atoms with Crippen LogP contribution in [0, 0.1) is 6.92 Å². The fraction of sp³-hybridized carbons (Fsp3) is 0.273. The maximum absolute atomic E-state index is 5.72. The minimum absolute atomic E-state index is 0.490. The summed E-state index contributed by atoms with van der Waals surface area (Å²) in [5.41, 5.74) is 7.21. The van der Waals surface area contributed by atoms with Crippen LogP contribution in [0.2, 0.25) is 0 Å². The molecule has 1 heterocycles. The fourth-order valence-corrected chi connectivity index (χ4v) is 1.42. The van der Waals surface area contributed by atoms with Gasteiger partial charge in [0.15, 0.2) is 5.82 Å². The second-order valence-electron chi connectivity index (χ2n) is 3.54. The number of nitrogen functional groups attached to an aromatic ring is 1. The third-order valence-corrected chi connectivity index (χ3v) is 2.25. The first-order valence-electron chi connectivity index (χ1n) is 5.15. The molecule has 6 heteroatoms. The molecular weight excluding hydrogens is 220 g/mol. The van der Waals surface area contributed by atoms with Gasteiger partial charge >= 0.3 is 0 Å². The molecule has 0 atom stereocenters. The van der Waals surface area contributed by atoms with Crippen LogP contribution in [0.3, 0.4) is 0 Å². The monoisotopic (exact) mass is 234 g/mol. The lowest BCUT2D eigenvalue weighted by Crippen LogP contribution is -2.02. The topological polar surface area (TPSA) is 86.2 Å². The average Bonchev–Trinajstić information content (AvgIpc) is 2.74. The number of anilines is 2. The summed E-state index contributed by atoms with van der Waals surface area (Å²) < 4.78 is 10.00. The van der Waals surface area contributed by atoms with Crippen molar-refractivity contribution >= 4 is 11.4 Å². The number of nitrogens with two attached hydrogens (primary N) is 1. The summed E-state index contributed by atoms with van der Waals surface area (Å²) in [5, 5.41) is 6.94. The molecule has 1 aromatic heterocycles. The van der Waals surface area contributed by atoms with Gasteiger partial charge in [0.25, 0.3) is 0 Å². The third-order valence-electron chi connectivity index (χ3n) is 2.25. The number of rotatable bonds is 4. The molecule has 0 unspecified atom stereocenters. The highest BCUT2D eigenvalue weighted by Crippen LogP contribution is 2.25. The van der Waals surface area contributed by atoms with Crippen molar-refractivity contribution in [3.63, 3.8) is 0 Å². The SMILES string of the molecule is COc1cc(NCc2noc(C)n2)ccc1N. The Kier molecular flexibility index (Phi) is 3.13. The Morgan fingerprint density at radius 1 is 1.47 bits per heavy atom. The molecule has 0 fully saturated rings. The number of aryl methyl sites for hydroxylation is 1. The van der Waals surface area contributed by atoms with E-state index in [9.17, 15) is 0 Å². The van der Waals surface area contributed by atoms with E-state index in [1.165, 1.54) is 0 Å². The van der Waals surface area contributed by atoms with Gasteiger partial charge in [-0.1, -0.05) is 5.16 Å². The van der Waals surface area contributed by atoms with E-state index in [0.717, 1.165) is 5.69 Å². The highest BCUT2D eigenvalue weighted by Gasteiger charge is 2.04. The first kappa shape index (κ1) is 11.3. The number of aromatic nitrogens is 2. The summed E-state index contributed by atoms with van der Waals surface area (Å²) in [7, 11) is 1.58. The van der Waals surface area contributed by atoms with Gasteiger partial charge in [-0.2, -0.15) is 4.98 Å². The van der Waals surface area contributed by atoms with Crippen LogP contribution >= 0.6 is 0 Å². The minimum Gasteiger partial charge on any atom is -0.495 e. The molecule has 17 heavy (non-hydrogen) atoms. The third kappa shape index (κ3) is 2.66. The molecule has 2 rings (SSSR count). The van der Waals surface area contributed by atoms with E-state index in [4.69, 9.17) is 15.0 Å². The van der Waals surface area contributed by atoms with E-state index in [-0.39, 0.29) is 0 Å². The number of methoxy groups -OCH3 is 1. The van der Waals surface area contributed by atoms with Crippen molar-refractivity contribution in [2.45, 2.75) is 13.5 Å². The summed E-state index contributed by atoms with van der Waals surface area (Å²) in [5.74, 6) is 1.80. The Balaban J connectivity index is 2.04. The normalized spacial score (nSPS) is 10.2. The molecule has 0 radical (unpaired) electrons. The minimum atomic E-state index is 0.490. The molecule has 0 aliphatic carbocycles. The molecule has 3 N–H and O–H groups in total. The van der Waals surface area contributed by atoms with Gasteiger partial charge in [0.1, 0.15) is 5.75 Å². The number of nitrogens with zero attached hydrogens (tertiary/aromatic N) is 2. The van der Waals surface area contributed by atoms with E-state index in [1.807, 2.05) is 12.1 Å². The van der Waals surface area contributed by atoms with Gasteiger partial charge in [0.2, 0.25) is 5.89 Å². The van der Waals surface area contributed by atoms with Crippen molar-refractivity contribution in [3.05, 3.63) is 29.9 Å². The molecule has 0 spiro atoms. The standard InChI is InChI=1S/C11H14N4O2/c1-7-14-11(15-17-7)6-13-8-3-4-9(12)10(5-8)16-2/h3-5,13H,6,12H2,1-2H3. The van der Waals surface area contributed by atoms with Gasteiger partial charge < -0.3 is 20.3 Å². The molecular formula is C11H14N4O2. The maximum atomic E-state index is 5.72. The molecule has 2 aromatic rings. The predicted octanol–water partition coefficient (Wildman–Crippen LogP) is 1.58. The molecule has 0 aliphatic heterocycles. The van der Waals surface area contributed by atoms with Crippen molar-refractivity contribution in [2.24, 2.45) is 0 Å². The van der Waals surface area contributed by atoms with Crippen LogP contribution in [-0.2, 0) is 6.54 Å². The van der Waals surface area contributed by atoms with Crippen molar-refractivity contribution < 1.29 is 9.26 Å². The summed E-state index contributed by atoms with van der Waals surface area (Å²) in [6.07, 6.45) is 0. The summed E-state index contributed by atoms with van der Waals surface area (Å²) >= 11 is 0. The first-order valence-corrected chi connectivity index (χ1v) is 5.15. The Bertz CT molecular complexity index is 510. The predicted molar refractivity (Wildman–Crippen MR) is 63.8 cm³/mol. The van der Waals surface area contributed by atoms with Crippen LogP contribution in [0.25, 0.3) is 0 Å². The highest BCUT2D eigenvalue weighted by atomic mass is 16.5. The van der Waals surface area contributed by atoms with Crippen molar-refractivity contribution in [2.75, 3.05) is 18.2 Å². The molecule has 0 bridgehead atoms. The van der Waals surface area contributed by atoms with Gasteiger partial charge in [-0.15, -0.1) is 0 Å². The summed E-state index contributed by atoms with van der Waals surface area (Å²) in [6, 6.07) is 5.47. The summed E-state index contributed by atoms with van der Waals surface area (Å²) in [4.78, 5) is 4.09. The summed E-state index contributed by atoms with van der Waals surface area (Å²) in [6.45, 7) is 2.24. The molecule has 1 aromatic carbocycles. The number of ether oxygens (including phenoxy) is 1. The van der Waals surface area contributed by atoms with E-state index in [0.29, 0.717) is 29.7 Å². The van der Waals surface area contributed by atoms with Gasteiger partial charge in [0.05, 0.1) is 19.3 Å². The van der Waals surface area contributed by atoms with Crippen LogP contribution in [0.1, 0.15) is 11.7 Å². The van der Waals surface area contributed by atoms with E-state index < -0.39 is 0 Å². The van der Waals surface area contributed by atoms with Crippen LogP contribution in [0.5, 0.6) is 5.75 Å². The van der Waals surface area contributed by atoms with Crippen LogP contribution in [-0.4, -0.2) is 17.3 Å². The zero-order valence-corrected chi connectivity index (χ0v) is 9.73. The number of hydrogen-bond acceptors (Lipinski definition) is 6. The zero-order valence-electron chi connectivity index (χ0n) is 9.73. The number of hydrogen-bond donors (Lipinski definition) is 2. The molecule has 0 saturated carbocycles. The van der Waals surface area contributed by atoms with Crippen LogP contribution in [0.4, 0.5) is 11.4 Å². The first-order chi connectivity index (χ1) is 8.19. The maximum Gasteiger partial charge on any atom is 0.223 e. The molecule has 0 aliphatic rings. The number of nitrogens with one attached hydrogen (secondary N) is 1. The Morgan fingerprint density at radius 2 is 2.29 bits per heavy atom. The van der Waals surface area contributed by atoms with Crippen molar-refractivity contribution in [1.29, 1.82) is 0 Å². The van der Waals surface area contributed by atoms with E-state index in [2.05, 4.69) is 15.5 Å². The van der Waals surface area contributed by atoms with Crippen LogP contribution < -0.4 is 15.8 Å². The van der Waals surface area contributed by atoms with Crippen molar-refractivity contribution in [3.8, 4) is 5.75 Å². The van der Waals surface area contributed by atoms with Gasteiger partial charge in [-0.25, -0.2) is 0 Å². The molecule has 0 amide bonds. The van der Waals surface area contributed by atoms with E-state index in [1.54, 1.807) is 20.1 Å². The molecule has 6 nitrogen and oxygen atoms in total. The van der Waals surface area contributed by atoms with Gasteiger partial charge in [0, 0.05) is 18.7 Å². The Morgan fingerprint density at radius 3 is 2.94 bits per heavy atom. The lowest BCUT2D eigenvalue weighted by atomic mass is 10.2. The van der Waals surface area contributed by atoms with Gasteiger partial charge in [-0.3, -0.25) is 0 Å². The second kappa shape index (κ2) is 4.73. The smallest absolute Gasteiger partial charge is 0.223 e. The molecule has 0 saturated heterocycles. The van der Waals surface area contributed by atoms with Gasteiger partial charge in [-0.05, 0) is 12.1 Å². The number of benzene rings is 1.